The molecule has 28 heavy (non-hydrogen) atoms. The van der Waals surface area contributed by atoms with Gasteiger partial charge in [-0.15, -0.1) is 0 Å². The summed E-state index contributed by atoms with van der Waals surface area (Å²) in [4.78, 5) is 14.8. The van der Waals surface area contributed by atoms with Gasteiger partial charge in [-0.2, -0.15) is 5.26 Å². The lowest BCUT2D eigenvalue weighted by Gasteiger charge is -2.45. The molecule has 2 aromatic rings. The summed E-state index contributed by atoms with van der Waals surface area (Å²) in [7, 11) is 2.11. The standard InChI is InChI=1S/C23H24ClN3O/c1-15-13-23(2,3)27(4)21-9-8-16(11-20(15)21)10-17(14-25)22(28)26-19-7-5-6-18(24)12-19/h5-12,15H,13H2,1-4H3,(H,26,28)/b17-10-/t15-/m1/s1. The number of amides is 1. The number of benzene rings is 2. The summed E-state index contributed by atoms with van der Waals surface area (Å²) in [5, 5.41) is 12.7. The molecule has 144 valence electrons. The van der Waals surface area contributed by atoms with E-state index in [0.717, 1.165) is 12.0 Å². The van der Waals surface area contributed by atoms with Gasteiger partial charge < -0.3 is 10.2 Å². The molecule has 4 nitrogen and oxygen atoms in total. The Hall–Kier alpha value is -2.77. The third-order valence-corrected chi connectivity index (χ3v) is 5.65. The van der Waals surface area contributed by atoms with Gasteiger partial charge in [-0.1, -0.05) is 30.7 Å². The third-order valence-electron chi connectivity index (χ3n) is 5.42. The second-order valence-electron chi connectivity index (χ2n) is 7.93. The Morgan fingerprint density at radius 3 is 2.75 bits per heavy atom. The maximum atomic E-state index is 12.5. The SMILES string of the molecule is C[C@@H]1CC(C)(C)N(C)c2ccc(/C=C(/C#N)C(=O)Nc3cccc(Cl)c3)cc21. The van der Waals surface area contributed by atoms with E-state index < -0.39 is 5.91 Å². The molecule has 0 aliphatic carbocycles. The molecule has 1 aliphatic heterocycles. The number of hydrogen-bond donors (Lipinski definition) is 1. The van der Waals surface area contributed by atoms with Crippen LogP contribution in [0.25, 0.3) is 6.08 Å². The quantitative estimate of drug-likeness (QED) is 0.544. The first-order valence-corrected chi connectivity index (χ1v) is 9.65. The van der Waals surface area contributed by atoms with Gasteiger partial charge in [-0.25, -0.2) is 0 Å². The molecule has 0 spiro atoms. The van der Waals surface area contributed by atoms with Gasteiger partial charge in [0.15, 0.2) is 0 Å². The topological polar surface area (TPSA) is 56.1 Å². The highest BCUT2D eigenvalue weighted by Gasteiger charge is 2.33. The van der Waals surface area contributed by atoms with Crippen LogP contribution in [0.1, 0.15) is 44.2 Å². The van der Waals surface area contributed by atoms with Crippen molar-refractivity contribution in [2.45, 2.75) is 38.6 Å². The molecule has 5 heteroatoms. The van der Waals surface area contributed by atoms with E-state index >= 15 is 0 Å². The second kappa shape index (κ2) is 7.69. The van der Waals surface area contributed by atoms with Crippen LogP contribution in [-0.4, -0.2) is 18.5 Å². The largest absolute Gasteiger partial charge is 0.369 e. The highest BCUT2D eigenvalue weighted by molar-refractivity contribution is 6.31. The molecule has 3 rings (SSSR count). The van der Waals surface area contributed by atoms with Gasteiger partial charge in [0.25, 0.3) is 5.91 Å². The van der Waals surface area contributed by atoms with Crippen molar-refractivity contribution in [1.29, 1.82) is 5.26 Å². The van der Waals surface area contributed by atoms with Crippen molar-refractivity contribution in [2.75, 3.05) is 17.3 Å². The average molecular weight is 394 g/mol. The molecule has 0 radical (unpaired) electrons. The normalized spacial score (nSPS) is 18.2. The lowest BCUT2D eigenvalue weighted by Crippen LogP contribution is -2.45. The Bertz CT molecular complexity index is 988. The molecule has 1 atom stereocenters. The van der Waals surface area contributed by atoms with Crippen LogP contribution < -0.4 is 10.2 Å². The van der Waals surface area contributed by atoms with E-state index in [0.29, 0.717) is 16.6 Å². The smallest absolute Gasteiger partial charge is 0.266 e. The van der Waals surface area contributed by atoms with Crippen molar-refractivity contribution in [3.05, 3.63) is 64.2 Å². The maximum absolute atomic E-state index is 12.5. The number of nitriles is 1. The van der Waals surface area contributed by atoms with Crippen LogP contribution in [0.15, 0.2) is 48.0 Å². The van der Waals surface area contributed by atoms with E-state index in [1.807, 2.05) is 12.1 Å². The van der Waals surface area contributed by atoms with Gasteiger partial charge in [0, 0.05) is 29.0 Å². The van der Waals surface area contributed by atoms with Crippen molar-refractivity contribution in [3.8, 4) is 6.07 Å². The van der Waals surface area contributed by atoms with Crippen LogP contribution in [-0.2, 0) is 4.79 Å². The van der Waals surface area contributed by atoms with E-state index in [1.165, 1.54) is 11.3 Å². The van der Waals surface area contributed by atoms with Gasteiger partial charge in [-0.05, 0) is 73.7 Å². The molecule has 0 aromatic heterocycles. The van der Waals surface area contributed by atoms with E-state index in [9.17, 15) is 10.1 Å². The predicted molar refractivity (Wildman–Crippen MR) is 116 cm³/mol. The lowest BCUT2D eigenvalue weighted by molar-refractivity contribution is -0.112. The number of hydrogen-bond acceptors (Lipinski definition) is 3. The fourth-order valence-corrected chi connectivity index (χ4v) is 3.96. The summed E-state index contributed by atoms with van der Waals surface area (Å²) in [6, 6.07) is 15.0. The fraction of sp³-hybridized carbons (Fsp3) is 0.304. The van der Waals surface area contributed by atoms with Gasteiger partial charge in [-0.3, -0.25) is 4.79 Å². The van der Waals surface area contributed by atoms with Crippen LogP contribution in [0.2, 0.25) is 5.02 Å². The highest BCUT2D eigenvalue weighted by Crippen LogP contribution is 2.42. The summed E-state index contributed by atoms with van der Waals surface area (Å²) in [6.07, 6.45) is 2.68. The Kier molecular flexibility index (Phi) is 5.49. The van der Waals surface area contributed by atoms with Gasteiger partial charge >= 0.3 is 0 Å². The van der Waals surface area contributed by atoms with Crippen LogP contribution in [0, 0.1) is 11.3 Å². The maximum Gasteiger partial charge on any atom is 0.266 e. The van der Waals surface area contributed by atoms with Crippen molar-refractivity contribution < 1.29 is 4.79 Å². The minimum Gasteiger partial charge on any atom is -0.369 e. The molecule has 1 heterocycles. The molecular formula is C23H24ClN3O. The lowest BCUT2D eigenvalue weighted by atomic mass is 9.80. The number of fused-ring (bicyclic) bond motifs is 1. The van der Waals surface area contributed by atoms with E-state index in [2.05, 4.69) is 50.2 Å². The zero-order chi connectivity index (χ0) is 20.5. The number of nitrogens with one attached hydrogen (secondary N) is 1. The number of anilines is 2. The summed E-state index contributed by atoms with van der Waals surface area (Å²) in [6.45, 7) is 6.71. The Labute approximate surface area is 171 Å². The molecule has 1 amide bonds. The monoisotopic (exact) mass is 393 g/mol. The van der Waals surface area contributed by atoms with E-state index in [-0.39, 0.29) is 11.1 Å². The van der Waals surface area contributed by atoms with Gasteiger partial charge in [0.1, 0.15) is 11.6 Å². The summed E-state index contributed by atoms with van der Waals surface area (Å²) in [5.74, 6) is -0.0471. The molecule has 1 aliphatic rings. The molecule has 0 bridgehead atoms. The van der Waals surface area contributed by atoms with Crippen molar-refractivity contribution in [3.63, 3.8) is 0 Å². The summed E-state index contributed by atoms with van der Waals surface area (Å²) >= 11 is 5.95. The molecule has 1 N–H and O–H groups in total. The van der Waals surface area contributed by atoms with E-state index in [1.54, 1.807) is 30.3 Å². The average Bonchev–Trinajstić information content (AvgIpc) is 2.64. The Morgan fingerprint density at radius 2 is 2.07 bits per heavy atom. The fourth-order valence-electron chi connectivity index (χ4n) is 3.77. The molecule has 0 saturated carbocycles. The number of carbonyl (C=O) groups excluding carboxylic acids is 1. The van der Waals surface area contributed by atoms with Crippen LogP contribution in [0.5, 0.6) is 0 Å². The number of halogens is 1. The van der Waals surface area contributed by atoms with Crippen molar-refractivity contribution in [1.82, 2.24) is 0 Å². The zero-order valence-corrected chi connectivity index (χ0v) is 17.3. The first kappa shape index (κ1) is 20.0. The number of carbonyl (C=O) groups is 1. The zero-order valence-electron chi connectivity index (χ0n) is 16.6. The molecule has 0 unspecified atom stereocenters. The molecular weight excluding hydrogens is 370 g/mol. The summed E-state index contributed by atoms with van der Waals surface area (Å²) < 4.78 is 0. The number of nitrogens with zero attached hydrogens (tertiary/aromatic N) is 2. The minimum absolute atomic E-state index is 0.0528. The Balaban J connectivity index is 1.88. The molecule has 2 aromatic carbocycles. The Morgan fingerprint density at radius 1 is 1.32 bits per heavy atom. The summed E-state index contributed by atoms with van der Waals surface area (Å²) in [5.41, 5.74) is 3.99. The predicted octanol–water partition coefficient (Wildman–Crippen LogP) is 5.61. The van der Waals surface area contributed by atoms with Crippen LogP contribution in [0.4, 0.5) is 11.4 Å². The van der Waals surface area contributed by atoms with Crippen LogP contribution >= 0.6 is 11.6 Å². The first-order valence-electron chi connectivity index (χ1n) is 9.28. The van der Waals surface area contributed by atoms with Gasteiger partial charge in [0.05, 0.1) is 0 Å². The van der Waals surface area contributed by atoms with Crippen molar-refractivity contribution >= 4 is 35.0 Å². The molecule has 0 saturated heterocycles. The minimum atomic E-state index is -0.450. The number of rotatable bonds is 3. The van der Waals surface area contributed by atoms with Crippen LogP contribution in [0.3, 0.4) is 0 Å². The van der Waals surface area contributed by atoms with Crippen molar-refractivity contribution in [2.24, 2.45) is 0 Å². The highest BCUT2D eigenvalue weighted by atomic mass is 35.5. The second-order valence-corrected chi connectivity index (χ2v) is 8.37. The third kappa shape index (κ3) is 4.05. The van der Waals surface area contributed by atoms with Gasteiger partial charge in [0.2, 0.25) is 0 Å². The van der Waals surface area contributed by atoms with E-state index in [4.69, 9.17) is 11.6 Å². The molecule has 0 fully saturated rings. The first-order chi connectivity index (χ1) is 13.2.